The van der Waals surface area contributed by atoms with Gasteiger partial charge in [-0.3, -0.25) is 4.79 Å². The van der Waals surface area contributed by atoms with Crippen LogP contribution in [0.4, 0.5) is 4.39 Å². The molecule has 0 aliphatic heterocycles. The van der Waals surface area contributed by atoms with Gasteiger partial charge >= 0.3 is 5.97 Å². The molecule has 0 N–H and O–H groups in total. The largest absolute Gasteiger partial charge is 0.489 e. The topological polar surface area (TPSA) is 57.9 Å². The van der Waals surface area contributed by atoms with E-state index in [9.17, 15) is 9.18 Å². The molecule has 0 unspecified atom stereocenters. The third kappa shape index (κ3) is 5.73. The number of carbonyl (C=O) groups excluding carboxylic acids is 1. The number of carbonyl (C=O) groups is 1. The van der Waals surface area contributed by atoms with E-state index in [1.54, 1.807) is 25.3 Å². The number of benzene rings is 3. The predicted molar refractivity (Wildman–Crippen MR) is 126 cm³/mol. The van der Waals surface area contributed by atoms with Gasteiger partial charge in [0.25, 0.3) is 0 Å². The Hall–Kier alpha value is -3.32. The Kier molecular flexibility index (Phi) is 7.29. The maximum absolute atomic E-state index is 13.1. The van der Waals surface area contributed by atoms with Gasteiger partial charge in [-0.25, -0.2) is 4.39 Å². The van der Waals surface area contributed by atoms with Gasteiger partial charge in [-0.15, -0.1) is 0 Å². The highest BCUT2D eigenvalue weighted by atomic mass is 79.9. The van der Waals surface area contributed by atoms with Crippen molar-refractivity contribution >= 4 is 32.9 Å². The summed E-state index contributed by atoms with van der Waals surface area (Å²) in [5.74, 6) is 0.580. The summed E-state index contributed by atoms with van der Waals surface area (Å²) in [4.78, 5) is 11.9. The average molecular weight is 513 g/mol. The van der Waals surface area contributed by atoms with Gasteiger partial charge in [-0.05, 0) is 49.4 Å². The summed E-state index contributed by atoms with van der Waals surface area (Å²) < 4.78 is 36.7. The molecule has 0 radical (unpaired) electrons. The number of rotatable bonds is 9. The molecule has 0 saturated carbocycles. The third-order valence-electron chi connectivity index (χ3n) is 5.00. The highest BCUT2D eigenvalue weighted by Crippen LogP contribution is 2.31. The fourth-order valence-corrected chi connectivity index (χ4v) is 3.95. The van der Waals surface area contributed by atoms with Crippen molar-refractivity contribution in [3.8, 4) is 11.5 Å². The van der Waals surface area contributed by atoms with Crippen LogP contribution in [0.3, 0.4) is 0 Å². The number of esters is 1. The maximum atomic E-state index is 13.1. The van der Waals surface area contributed by atoms with Crippen molar-refractivity contribution < 1.29 is 27.8 Å². The molecule has 0 aliphatic rings. The normalized spacial score (nSPS) is 10.9. The van der Waals surface area contributed by atoms with Gasteiger partial charge in [-0.2, -0.15) is 0 Å². The zero-order valence-electron chi connectivity index (χ0n) is 18.0. The lowest BCUT2D eigenvalue weighted by atomic mass is 10.1. The van der Waals surface area contributed by atoms with Gasteiger partial charge in [0.2, 0.25) is 0 Å². The number of para-hydroxylation sites is 1. The second-order valence-electron chi connectivity index (χ2n) is 7.32. The summed E-state index contributed by atoms with van der Waals surface area (Å²) in [6.07, 6.45) is 1.80. The summed E-state index contributed by atoms with van der Waals surface area (Å²) in [6.45, 7) is 2.64. The molecule has 4 rings (SSSR count). The molecular weight excluding hydrogens is 491 g/mol. The molecule has 1 aromatic heterocycles. The quantitative estimate of drug-likeness (QED) is 0.236. The first-order valence-electron chi connectivity index (χ1n) is 10.5. The minimum Gasteiger partial charge on any atom is -0.489 e. The van der Waals surface area contributed by atoms with E-state index in [1.165, 1.54) is 12.1 Å². The fraction of sp³-hybridized carbons (Fsp3) is 0.192. The first-order valence-corrected chi connectivity index (χ1v) is 11.3. The minimum absolute atomic E-state index is 0.145. The Labute approximate surface area is 199 Å². The van der Waals surface area contributed by atoms with Crippen LogP contribution >= 0.6 is 15.9 Å². The second-order valence-corrected chi connectivity index (χ2v) is 8.24. The molecule has 0 fully saturated rings. The van der Waals surface area contributed by atoms with E-state index in [2.05, 4.69) is 15.9 Å². The number of hydrogen-bond donors (Lipinski definition) is 0. The molecule has 33 heavy (non-hydrogen) atoms. The molecule has 0 aliphatic carbocycles. The highest BCUT2D eigenvalue weighted by Gasteiger charge is 2.15. The van der Waals surface area contributed by atoms with Crippen LogP contribution < -0.4 is 9.47 Å². The van der Waals surface area contributed by atoms with Gasteiger partial charge in [0.05, 0.1) is 19.3 Å². The van der Waals surface area contributed by atoms with E-state index in [-0.39, 0.29) is 31.4 Å². The van der Waals surface area contributed by atoms with Crippen molar-refractivity contribution in [2.45, 2.75) is 26.6 Å². The number of furan rings is 1. The zero-order chi connectivity index (χ0) is 23.2. The molecular formula is C26H22BrFO5. The second kappa shape index (κ2) is 10.5. The number of ether oxygens (including phenoxy) is 3. The Morgan fingerprint density at radius 2 is 1.73 bits per heavy atom. The first kappa shape index (κ1) is 22.9. The number of hydrogen-bond acceptors (Lipinski definition) is 5. The summed E-state index contributed by atoms with van der Waals surface area (Å²) in [5.41, 5.74) is 3.16. The van der Waals surface area contributed by atoms with Crippen LogP contribution in [0.5, 0.6) is 11.5 Å². The molecule has 5 nitrogen and oxygen atoms in total. The summed E-state index contributed by atoms with van der Waals surface area (Å²) in [5, 5.41) is 0.893. The lowest BCUT2D eigenvalue weighted by molar-refractivity contribution is -0.142. The minimum atomic E-state index is -0.313. The fourth-order valence-electron chi connectivity index (χ4n) is 3.45. The SMILES string of the molecule is CCOC(=O)Cc1ccccc1OCc1coc2c(COc3ccc(F)cc3)cc(Br)cc12. The molecule has 0 atom stereocenters. The molecule has 0 bridgehead atoms. The standard InChI is InChI=1S/C26H22BrFO5/c1-2-30-25(29)12-17-5-3-4-6-24(17)32-15-19-16-33-26-18(11-20(27)13-23(19)26)14-31-22-9-7-21(28)8-10-22/h3-11,13,16H,2,12,14-15H2,1H3. The lowest BCUT2D eigenvalue weighted by Crippen LogP contribution is -2.09. The van der Waals surface area contributed by atoms with Crippen molar-refractivity contribution in [2.75, 3.05) is 6.61 Å². The van der Waals surface area contributed by atoms with Crippen molar-refractivity contribution in [3.05, 3.63) is 93.9 Å². The molecule has 0 spiro atoms. The van der Waals surface area contributed by atoms with Gasteiger partial charge < -0.3 is 18.6 Å². The van der Waals surface area contributed by atoms with Crippen LogP contribution in [0.15, 0.2) is 75.8 Å². The summed E-state index contributed by atoms with van der Waals surface area (Å²) in [6, 6.07) is 17.2. The van der Waals surface area contributed by atoms with E-state index in [4.69, 9.17) is 18.6 Å². The van der Waals surface area contributed by atoms with Crippen LogP contribution in [0.1, 0.15) is 23.6 Å². The van der Waals surface area contributed by atoms with E-state index in [1.807, 2.05) is 36.4 Å². The van der Waals surface area contributed by atoms with Gasteiger partial charge in [0.15, 0.2) is 0 Å². The van der Waals surface area contributed by atoms with Crippen LogP contribution in [-0.4, -0.2) is 12.6 Å². The molecule has 170 valence electrons. The van der Waals surface area contributed by atoms with Crippen molar-refractivity contribution in [1.29, 1.82) is 0 Å². The smallest absolute Gasteiger partial charge is 0.310 e. The molecule has 7 heteroatoms. The van der Waals surface area contributed by atoms with Crippen LogP contribution in [0, 0.1) is 5.82 Å². The molecule has 3 aromatic carbocycles. The number of fused-ring (bicyclic) bond motifs is 1. The van der Waals surface area contributed by atoms with Crippen LogP contribution in [0.2, 0.25) is 0 Å². The van der Waals surface area contributed by atoms with Crippen molar-refractivity contribution in [3.63, 3.8) is 0 Å². The van der Waals surface area contributed by atoms with Gasteiger partial charge in [0.1, 0.15) is 36.1 Å². The molecule has 1 heterocycles. The van der Waals surface area contributed by atoms with Crippen LogP contribution in [-0.2, 0) is 29.2 Å². The molecule has 0 saturated heterocycles. The van der Waals surface area contributed by atoms with Crippen LogP contribution in [0.25, 0.3) is 11.0 Å². The number of halogens is 2. The molecule has 0 amide bonds. The zero-order valence-corrected chi connectivity index (χ0v) is 19.6. The Morgan fingerprint density at radius 1 is 0.970 bits per heavy atom. The Morgan fingerprint density at radius 3 is 2.52 bits per heavy atom. The first-order chi connectivity index (χ1) is 16.0. The summed E-state index contributed by atoms with van der Waals surface area (Å²) >= 11 is 3.55. The monoisotopic (exact) mass is 512 g/mol. The van der Waals surface area contributed by atoms with Crippen molar-refractivity contribution in [2.24, 2.45) is 0 Å². The van der Waals surface area contributed by atoms with Gasteiger partial charge in [0, 0.05) is 26.5 Å². The Bertz CT molecular complexity index is 1250. The summed E-state index contributed by atoms with van der Waals surface area (Å²) in [7, 11) is 0. The Balaban J connectivity index is 1.51. The lowest BCUT2D eigenvalue weighted by Gasteiger charge is -2.11. The van der Waals surface area contributed by atoms with Gasteiger partial charge in [-0.1, -0.05) is 34.1 Å². The van der Waals surface area contributed by atoms with E-state index < -0.39 is 0 Å². The van der Waals surface area contributed by atoms with E-state index >= 15 is 0 Å². The van der Waals surface area contributed by atoms with Crippen molar-refractivity contribution in [1.82, 2.24) is 0 Å². The molecule has 4 aromatic rings. The highest BCUT2D eigenvalue weighted by molar-refractivity contribution is 9.10. The average Bonchev–Trinajstić information content (AvgIpc) is 3.21. The van der Waals surface area contributed by atoms with E-state index in [0.717, 1.165) is 26.5 Å². The maximum Gasteiger partial charge on any atom is 0.310 e. The predicted octanol–water partition coefficient (Wildman–Crippen LogP) is 6.60. The van der Waals surface area contributed by atoms with E-state index in [0.29, 0.717) is 23.7 Å². The third-order valence-corrected chi connectivity index (χ3v) is 5.46.